The van der Waals surface area contributed by atoms with Gasteiger partial charge in [-0.25, -0.2) is 9.80 Å². The molecule has 5 rings (SSSR count). The smallest absolute Gasteiger partial charge is 0.336 e. The molecule has 1 fully saturated rings. The van der Waals surface area contributed by atoms with Crippen LogP contribution in [0.25, 0.3) is 6.08 Å². The van der Waals surface area contributed by atoms with E-state index in [9.17, 15) is 14.7 Å². The summed E-state index contributed by atoms with van der Waals surface area (Å²) in [4.78, 5) is 25.5. The minimum Gasteiger partial charge on any atom is -0.478 e. The molecular formula is C28H24N2O3. The number of carboxylic acid groups (broad SMARTS) is 1. The van der Waals surface area contributed by atoms with Crippen molar-refractivity contribution in [2.24, 2.45) is 11.0 Å². The van der Waals surface area contributed by atoms with Crippen LogP contribution < -0.4 is 0 Å². The maximum atomic E-state index is 13.7. The highest BCUT2D eigenvalue weighted by molar-refractivity contribution is 6.10. The number of carboxylic acids is 1. The second-order valence-corrected chi connectivity index (χ2v) is 8.42. The molecule has 3 aromatic carbocycles. The predicted octanol–water partition coefficient (Wildman–Crippen LogP) is 5.82. The summed E-state index contributed by atoms with van der Waals surface area (Å²) in [6, 6.07) is 26.1. The third-order valence-electron chi connectivity index (χ3n) is 6.38. The van der Waals surface area contributed by atoms with Crippen LogP contribution in [0.15, 0.2) is 95.6 Å². The molecule has 164 valence electrons. The molecule has 0 bridgehead atoms. The number of carbonyl (C=O) groups excluding carboxylic acids is 1. The minimum atomic E-state index is -1.12. The number of amides is 1. The van der Waals surface area contributed by atoms with Gasteiger partial charge in [0.1, 0.15) is 0 Å². The van der Waals surface area contributed by atoms with E-state index >= 15 is 0 Å². The zero-order valence-electron chi connectivity index (χ0n) is 18.1. The lowest BCUT2D eigenvalue weighted by Gasteiger charge is -2.29. The summed E-state index contributed by atoms with van der Waals surface area (Å²) in [5, 5.41) is 16.0. The topological polar surface area (TPSA) is 70.0 Å². The summed E-state index contributed by atoms with van der Waals surface area (Å²) in [5.74, 6) is -1.44. The van der Waals surface area contributed by atoms with Gasteiger partial charge in [0.15, 0.2) is 0 Å². The summed E-state index contributed by atoms with van der Waals surface area (Å²) in [6.07, 6.45) is 5.00. The molecule has 1 aliphatic carbocycles. The number of benzene rings is 3. The molecular weight excluding hydrogens is 412 g/mol. The van der Waals surface area contributed by atoms with E-state index < -0.39 is 5.97 Å². The zero-order valence-corrected chi connectivity index (χ0v) is 18.1. The summed E-state index contributed by atoms with van der Waals surface area (Å²) in [7, 11) is 0. The Hall–Kier alpha value is -3.99. The van der Waals surface area contributed by atoms with Gasteiger partial charge in [-0.05, 0) is 54.2 Å². The highest BCUT2D eigenvalue weighted by atomic mass is 16.4. The van der Waals surface area contributed by atoms with E-state index in [0.29, 0.717) is 0 Å². The third-order valence-corrected chi connectivity index (χ3v) is 6.38. The van der Waals surface area contributed by atoms with E-state index in [0.717, 1.165) is 41.7 Å². The standard InChI is InChI=1S/C28H24N2O3/c31-27(22-15-7-8-16-23(22)28(32)33)30-26(20-12-5-2-6-13-20)24-17-9-14-21(25(24)29-30)18-19-10-3-1-4-11-19/h1-8,10-13,15-16,18,24,26H,9,14,17H2,(H,32,33)/b21-18+. The minimum absolute atomic E-state index is 0.00978. The second kappa shape index (κ2) is 8.87. The Balaban J connectivity index is 1.61. The van der Waals surface area contributed by atoms with Crippen LogP contribution in [-0.4, -0.2) is 27.7 Å². The van der Waals surface area contributed by atoms with Gasteiger partial charge in [-0.3, -0.25) is 4.79 Å². The SMILES string of the molecule is O=C(O)c1ccccc1C(=O)N1N=C2/C(=C/c3ccccc3)CCCC2C1c1ccccc1. The third kappa shape index (κ3) is 3.98. The van der Waals surface area contributed by atoms with Gasteiger partial charge in [0.25, 0.3) is 5.91 Å². The second-order valence-electron chi connectivity index (χ2n) is 8.42. The van der Waals surface area contributed by atoms with Crippen LogP contribution in [0.1, 0.15) is 57.1 Å². The molecule has 1 aliphatic heterocycles. The molecule has 2 unspecified atom stereocenters. The first-order chi connectivity index (χ1) is 16.1. The number of allylic oxidation sites excluding steroid dienone is 1. The van der Waals surface area contributed by atoms with E-state index in [1.54, 1.807) is 18.2 Å². The molecule has 33 heavy (non-hydrogen) atoms. The Kier molecular flexibility index (Phi) is 5.61. The molecule has 0 aromatic heterocycles. The number of rotatable bonds is 4. The van der Waals surface area contributed by atoms with Crippen LogP contribution in [0.2, 0.25) is 0 Å². The van der Waals surface area contributed by atoms with E-state index in [4.69, 9.17) is 5.10 Å². The van der Waals surface area contributed by atoms with Crippen molar-refractivity contribution in [1.29, 1.82) is 0 Å². The molecule has 1 heterocycles. The number of hydrogen-bond acceptors (Lipinski definition) is 3. The summed E-state index contributed by atoms with van der Waals surface area (Å²) >= 11 is 0. The van der Waals surface area contributed by atoms with Crippen LogP contribution in [-0.2, 0) is 0 Å². The van der Waals surface area contributed by atoms with Crippen molar-refractivity contribution in [2.75, 3.05) is 0 Å². The largest absolute Gasteiger partial charge is 0.478 e. The zero-order chi connectivity index (χ0) is 22.8. The molecule has 1 saturated carbocycles. The Morgan fingerprint density at radius 3 is 2.21 bits per heavy atom. The van der Waals surface area contributed by atoms with Crippen molar-refractivity contribution in [3.8, 4) is 0 Å². The van der Waals surface area contributed by atoms with Gasteiger partial charge < -0.3 is 5.11 Å². The maximum Gasteiger partial charge on any atom is 0.336 e. The van der Waals surface area contributed by atoms with Crippen LogP contribution >= 0.6 is 0 Å². The van der Waals surface area contributed by atoms with Crippen molar-refractivity contribution in [2.45, 2.75) is 25.3 Å². The molecule has 0 saturated heterocycles. The van der Waals surface area contributed by atoms with E-state index in [1.807, 2.05) is 48.5 Å². The van der Waals surface area contributed by atoms with Gasteiger partial charge in [-0.1, -0.05) is 72.8 Å². The predicted molar refractivity (Wildman–Crippen MR) is 128 cm³/mol. The molecule has 0 spiro atoms. The monoisotopic (exact) mass is 436 g/mol. The van der Waals surface area contributed by atoms with E-state index in [1.165, 1.54) is 11.1 Å². The lowest BCUT2D eigenvalue weighted by molar-refractivity contribution is 0.0646. The highest BCUT2D eigenvalue weighted by Gasteiger charge is 2.44. The molecule has 3 aromatic rings. The van der Waals surface area contributed by atoms with Gasteiger partial charge in [0.05, 0.1) is 22.9 Å². The van der Waals surface area contributed by atoms with Crippen molar-refractivity contribution >= 4 is 23.7 Å². The highest BCUT2D eigenvalue weighted by Crippen LogP contribution is 2.45. The Morgan fingerprint density at radius 1 is 0.879 bits per heavy atom. The molecule has 5 heteroatoms. The number of fused-ring (bicyclic) bond motifs is 1. The molecule has 1 N–H and O–H groups in total. The number of carbonyl (C=O) groups is 2. The van der Waals surface area contributed by atoms with E-state index in [2.05, 4.69) is 18.2 Å². The first-order valence-corrected chi connectivity index (χ1v) is 11.2. The first-order valence-electron chi connectivity index (χ1n) is 11.2. The Morgan fingerprint density at radius 2 is 1.52 bits per heavy atom. The summed E-state index contributed by atoms with van der Waals surface area (Å²) in [5.41, 5.74) is 4.32. The number of hydrogen-bond donors (Lipinski definition) is 1. The number of aromatic carboxylic acids is 1. The molecule has 2 atom stereocenters. The Labute approximate surface area is 192 Å². The first kappa shape index (κ1) is 20.9. The quantitative estimate of drug-likeness (QED) is 0.560. The van der Waals surface area contributed by atoms with Crippen LogP contribution in [0.3, 0.4) is 0 Å². The Bertz CT molecular complexity index is 1250. The molecule has 2 aliphatic rings. The fourth-order valence-electron chi connectivity index (χ4n) is 4.88. The lowest BCUT2D eigenvalue weighted by atomic mass is 9.77. The van der Waals surface area contributed by atoms with Crippen molar-refractivity contribution in [3.63, 3.8) is 0 Å². The van der Waals surface area contributed by atoms with Gasteiger partial charge in [0.2, 0.25) is 0 Å². The lowest BCUT2D eigenvalue weighted by Crippen LogP contribution is -2.32. The molecule has 1 amide bonds. The normalized spacial score (nSPS) is 20.9. The maximum absolute atomic E-state index is 13.7. The van der Waals surface area contributed by atoms with Crippen LogP contribution in [0, 0.1) is 5.92 Å². The van der Waals surface area contributed by atoms with Crippen molar-refractivity contribution in [3.05, 3.63) is 113 Å². The number of hydrazone groups is 1. The van der Waals surface area contributed by atoms with Crippen molar-refractivity contribution in [1.82, 2.24) is 5.01 Å². The van der Waals surface area contributed by atoms with Crippen LogP contribution in [0.5, 0.6) is 0 Å². The molecule has 5 nitrogen and oxygen atoms in total. The van der Waals surface area contributed by atoms with Crippen molar-refractivity contribution < 1.29 is 14.7 Å². The van der Waals surface area contributed by atoms with Crippen LogP contribution in [0.4, 0.5) is 0 Å². The van der Waals surface area contributed by atoms with Gasteiger partial charge >= 0.3 is 5.97 Å². The van der Waals surface area contributed by atoms with Gasteiger partial charge in [-0.15, -0.1) is 0 Å². The van der Waals surface area contributed by atoms with Gasteiger partial charge in [0, 0.05) is 5.92 Å². The van der Waals surface area contributed by atoms with E-state index in [-0.39, 0.29) is 29.0 Å². The molecule has 0 radical (unpaired) electrons. The summed E-state index contributed by atoms with van der Waals surface area (Å²) in [6.45, 7) is 0. The number of nitrogens with zero attached hydrogens (tertiary/aromatic N) is 2. The average Bonchev–Trinajstić information content (AvgIpc) is 3.25. The van der Waals surface area contributed by atoms with Gasteiger partial charge in [-0.2, -0.15) is 5.10 Å². The average molecular weight is 437 g/mol. The summed E-state index contributed by atoms with van der Waals surface area (Å²) < 4.78 is 0. The fraction of sp³-hybridized carbons (Fsp3) is 0.179. The fourth-order valence-corrected chi connectivity index (χ4v) is 4.88.